The van der Waals surface area contributed by atoms with Crippen LogP contribution in [0, 0.1) is 11.7 Å². The van der Waals surface area contributed by atoms with Crippen molar-refractivity contribution in [2.24, 2.45) is 5.92 Å². The topological polar surface area (TPSA) is 115 Å². The molecule has 5 heterocycles. The maximum absolute atomic E-state index is 15.2. The predicted octanol–water partition coefficient (Wildman–Crippen LogP) is 5.71. The molecule has 258 valence electrons. The van der Waals surface area contributed by atoms with Crippen molar-refractivity contribution in [1.82, 2.24) is 4.90 Å². The Morgan fingerprint density at radius 3 is 2.39 bits per heavy atom. The van der Waals surface area contributed by atoms with Crippen molar-refractivity contribution in [1.29, 1.82) is 0 Å². The van der Waals surface area contributed by atoms with Gasteiger partial charge in [-0.1, -0.05) is 41.4 Å². The number of para-hydroxylation sites is 1. The molecule has 14 heteroatoms. The highest BCUT2D eigenvalue weighted by atomic mass is 35.5. The first-order valence-corrected chi connectivity index (χ1v) is 17.2. The van der Waals surface area contributed by atoms with Gasteiger partial charge >= 0.3 is 6.09 Å². The number of carbonyl (C=O) groups excluding carboxylic acids is 2. The summed E-state index contributed by atoms with van der Waals surface area (Å²) in [5.41, 5.74) is 1.01. The number of rotatable bonds is 11. The summed E-state index contributed by atoms with van der Waals surface area (Å²) >= 11 is 14.2. The van der Waals surface area contributed by atoms with Crippen molar-refractivity contribution in [3.8, 4) is 11.5 Å². The van der Waals surface area contributed by atoms with Crippen LogP contribution in [0.5, 0.6) is 11.5 Å². The number of hydrogen-bond acceptors (Lipinski definition) is 9. The minimum atomic E-state index is -1.44. The van der Waals surface area contributed by atoms with E-state index in [1.165, 1.54) is 55.8 Å². The molecule has 0 saturated carbocycles. The fourth-order valence-electron chi connectivity index (χ4n) is 6.64. The van der Waals surface area contributed by atoms with E-state index in [0.29, 0.717) is 38.9 Å². The lowest BCUT2D eigenvalue weighted by Crippen LogP contribution is -2.53. The molecule has 2 aromatic carbocycles. The highest BCUT2D eigenvalue weighted by Gasteiger charge is 2.38. The van der Waals surface area contributed by atoms with Crippen LogP contribution >= 0.6 is 34.5 Å². The van der Waals surface area contributed by atoms with Gasteiger partial charge in [0.1, 0.15) is 22.0 Å². The quantitative estimate of drug-likeness (QED) is 0.154. The van der Waals surface area contributed by atoms with Crippen molar-refractivity contribution in [2.45, 2.75) is 37.8 Å². The molecule has 3 aliphatic rings. The van der Waals surface area contributed by atoms with Crippen LogP contribution in [0.4, 0.5) is 14.9 Å². The van der Waals surface area contributed by atoms with Crippen LogP contribution in [0.15, 0.2) is 60.9 Å². The molecule has 4 aromatic rings. The molecule has 3 fully saturated rings. The Hall–Kier alpha value is -4.10. The second-order valence-electron chi connectivity index (χ2n) is 12.1. The van der Waals surface area contributed by atoms with Crippen molar-refractivity contribution in [3.63, 3.8) is 0 Å². The molecule has 1 amide bonds. The maximum atomic E-state index is 15.2. The predicted molar refractivity (Wildman–Crippen MR) is 180 cm³/mol. The first kappa shape index (κ1) is 34.8. The number of carbonyl (C=O) groups is 2. The van der Waals surface area contributed by atoms with Gasteiger partial charge in [-0.15, -0.1) is 11.3 Å². The zero-order valence-corrected chi connectivity index (χ0v) is 29.1. The van der Waals surface area contributed by atoms with E-state index in [-0.39, 0.29) is 46.3 Å². The van der Waals surface area contributed by atoms with Gasteiger partial charge in [0.15, 0.2) is 11.5 Å². The summed E-state index contributed by atoms with van der Waals surface area (Å²) in [6.45, 7) is 2.37. The number of benzene rings is 2. The number of thiophene rings is 1. The molecule has 0 unspecified atom stereocenters. The zero-order valence-electron chi connectivity index (χ0n) is 26.7. The van der Waals surface area contributed by atoms with E-state index in [2.05, 4.69) is 4.90 Å². The number of fused-ring (bicyclic) bond motifs is 3. The van der Waals surface area contributed by atoms with Crippen molar-refractivity contribution in [2.75, 3.05) is 38.8 Å². The van der Waals surface area contributed by atoms with Gasteiger partial charge in [0.05, 0.1) is 32.4 Å². The molecule has 49 heavy (non-hydrogen) atoms. The monoisotopic (exact) mass is 729 g/mol. The van der Waals surface area contributed by atoms with Gasteiger partial charge in [-0.2, -0.15) is 0 Å². The molecule has 2 bridgehead atoms. The highest BCUT2D eigenvalue weighted by molar-refractivity contribution is 7.12. The first-order chi connectivity index (χ1) is 23.6. The third kappa shape index (κ3) is 7.42. The summed E-state index contributed by atoms with van der Waals surface area (Å²) in [5.74, 6) is -1.62. The van der Waals surface area contributed by atoms with E-state index in [4.69, 9.17) is 37.4 Å². The van der Waals surface area contributed by atoms with E-state index < -0.39 is 23.8 Å². The molecule has 7 rings (SSSR count). The van der Waals surface area contributed by atoms with Crippen molar-refractivity contribution in [3.05, 3.63) is 103 Å². The third-order valence-electron chi connectivity index (χ3n) is 9.16. The maximum Gasteiger partial charge on any atom is 0.415 e. The summed E-state index contributed by atoms with van der Waals surface area (Å²) in [6.07, 6.45) is 3.48. The number of piperidine rings is 3. The number of carboxylic acids is 1. The molecule has 3 aliphatic heterocycles. The van der Waals surface area contributed by atoms with Crippen LogP contribution < -0.4 is 24.2 Å². The van der Waals surface area contributed by atoms with Crippen LogP contribution in [0.2, 0.25) is 10.0 Å². The number of methoxy groups -OCH3 is 2. The smallest absolute Gasteiger partial charge is 0.415 e. The minimum Gasteiger partial charge on any atom is -0.545 e. The normalized spacial score (nSPS) is 18.9. The van der Waals surface area contributed by atoms with Crippen molar-refractivity contribution < 1.29 is 43.2 Å². The summed E-state index contributed by atoms with van der Waals surface area (Å²) in [7, 11) is 2.99. The van der Waals surface area contributed by atoms with Crippen LogP contribution in [-0.2, 0) is 17.7 Å². The van der Waals surface area contributed by atoms with E-state index >= 15 is 4.39 Å². The van der Waals surface area contributed by atoms with E-state index in [9.17, 15) is 19.9 Å². The number of halogens is 3. The third-order valence-corrected chi connectivity index (χ3v) is 11.0. The Labute approximate surface area is 296 Å². The molecule has 2 atom stereocenters. The number of pyridine rings is 1. The van der Waals surface area contributed by atoms with Crippen LogP contribution in [0.1, 0.15) is 50.0 Å². The van der Waals surface area contributed by atoms with Gasteiger partial charge in [-0.3, -0.25) is 15.0 Å². The average molecular weight is 731 g/mol. The molecule has 3 saturated heterocycles. The van der Waals surface area contributed by atoms with Gasteiger partial charge in [0.2, 0.25) is 12.4 Å². The Balaban J connectivity index is 1.41. The van der Waals surface area contributed by atoms with Crippen LogP contribution in [0.25, 0.3) is 0 Å². The van der Waals surface area contributed by atoms with Gasteiger partial charge in [-0.25, -0.2) is 9.18 Å². The Morgan fingerprint density at radius 2 is 1.78 bits per heavy atom. The number of aromatic nitrogens is 1. The fourth-order valence-corrected chi connectivity index (χ4v) is 8.51. The van der Waals surface area contributed by atoms with Crippen LogP contribution in [-0.4, -0.2) is 62.1 Å². The van der Waals surface area contributed by atoms with Gasteiger partial charge < -0.3 is 24.1 Å². The largest absolute Gasteiger partial charge is 0.545 e. The highest BCUT2D eigenvalue weighted by Crippen LogP contribution is 2.42. The summed E-state index contributed by atoms with van der Waals surface area (Å²) in [4.78, 5) is 30.8. The summed E-state index contributed by atoms with van der Waals surface area (Å²) < 4.78 is 33.0. The number of ether oxygens (including phenoxy) is 3. The lowest BCUT2D eigenvalue weighted by molar-refractivity contribution is -0.904. The second-order valence-corrected chi connectivity index (χ2v) is 14.0. The van der Waals surface area contributed by atoms with Crippen molar-refractivity contribution >= 4 is 52.3 Å². The Kier molecular flexibility index (Phi) is 10.5. The number of nitrogens with zero attached hydrogens (tertiary/aromatic N) is 3. The number of hydrogen-bond donors (Lipinski definition) is 1. The van der Waals surface area contributed by atoms with Gasteiger partial charge in [-0.05, 0) is 74.2 Å². The molecule has 2 aromatic heterocycles. The number of anilines is 1. The van der Waals surface area contributed by atoms with Gasteiger partial charge in [0.25, 0.3) is 0 Å². The minimum absolute atomic E-state index is 0.00956. The molecular weight excluding hydrogens is 696 g/mol. The van der Waals surface area contributed by atoms with E-state index in [1.807, 2.05) is 0 Å². The standard InChI is InChI=1S/C35H34Cl2FN3O7S/c1-46-30-8-7-21(13-31(30)47-2)23(15-24-26(36)17-40(45)18-27(24)37)33-25(34(42)43)14-22(49-33)16-41(29-6-4-3-5-28(29)38)35(44)48-32-19-39-11-9-20(32)10-12-39/h3-8,13-14,17-18,20,23,32H,9-12,15-16,19H2,1-2H3,(H-,42,43,45)/t23-,32-/m0/s1. The lowest BCUT2D eigenvalue weighted by atomic mass is 9.86. The summed E-state index contributed by atoms with van der Waals surface area (Å²) in [5, 5.41) is 23.0. The first-order valence-electron chi connectivity index (χ1n) is 15.7. The second kappa shape index (κ2) is 14.8. The lowest BCUT2D eigenvalue weighted by Gasteiger charge is -2.44. The summed E-state index contributed by atoms with van der Waals surface area (Å²) in [6, 6.07) is 12.5. The SMILES string of the molecule is COc1ccc([C@H](Cc2c(Cl)c[n+](O)cc2Cl)c2sc(CN(C(=O)O[C@H]3CN4CCC3CC4)c3ccccc3F)cc2C(=O)[O-])cc1OC. The average Bonchev–Trinajstić information content (AvgIpc) is 3.51. The molecular formula is C35H34Cl2FN3O7S. The molecule has 0 radical (unpaired) electrons. The molecule has 10 nitrogen and oxygen atoms in total. The van der Waals surface area contributed by atoms with E-state index in [0.717, 1.165) is 42.0 Å². The number of amides is 1. The Bertz CT molecular complexity index is 1840. The molecule has 0 aliphatic carbocycles. The fraction of sp³-hybridized carbons (Fsp3) is 0.343. The molecule has 1 N–H and O–H groups in total. The zero-order chi connectivity index (χ0) is 34.8. The molecule has 0 spiro atoms. The van der Waals surface area contributed by atoms with Crippen LogP contribution in [0.3, 0.4) is 0 Å². The number of carboxylic acid groups (broad SMARTS) is 1. The van der Waals surface area contributed by atoms with E-state index in [1.54, 1.807) is 24.3 Å². The Morgan fingerprint density at radius 1 is 1.08 bits per heavy atom. The number of aromatic carboxylic acids is 1. The van der Waals surface area contributed by atoms with Gasteiger partial charge in [0, 0.05) is 38.1 Å².